The Morgan fingerprint density at radius 1 is 1.07 bits per heavy atom. The number of rotatable bonds is 10. The van der Waals surface area contributed by atoms with E-state index in [-0.39, 0.29) is 36.6 Å². The Labute approximate surface area is 235 Å². The Kier molecular flexibility index (Phi) is 8.11. The first-order valence-corrected chi connectivity index (χ1v) is 14.3. The molecular formula is C29H35F4N5O3. The number of aromatic nitrogens is 2. The van der Waals surface area contributed by atoms with Crippen LogP contribution in [0.4, 0.5) is 23.2 Å². The molecule has 1 aromatic heterocycles. The van der Waals surface area contributed by atoms with Gasteiger partial charge < -0.3 is 15.5 Å². The Hall–Kier alpha value is -3.44. The molecule has 41 heavy (non-hydrogen) atoms. The summed E-state index contributed by atoms with van der Waals surface area (Å²) in [5.74, 6) is -2.95. The van der Waals surface area contributed by atoms with Crippen molar-refractivity contribution in [2.45, 2.75) is 83.1 Å². The zero-order valence-corrected chi connectivity index (χ0v) is 23.1. The molecular weight excluding hydrogens is 542 g/mol. The number of likely N-dealkylation sites (tertiary alicyclic amines) is 1. The second kappa shape index (κ2) is 11.4. The second-order valence-electron chi connectivity index (χ2n) is 11.4. The van der Waals surface area contributed by atoms with Crippen molar-refractivity contribution in [3.8, 4) is 0 Å². The number of carbonyl (C=O) groups excluding carboxylic acids is 3. The zero-order chi connectivity index (χ0) is 29.5. The van der Waals surface area contributed by atoms with Gasteiger partial charge in [-0.05, 0) is 93.9 Å². The highest BCUT2D eigenvalue weighted by molar-refractivity contribution is 6.01. The molecule has 1 aromatic carbocycles. The van der Waals surface area contributed by atoms with Gasteiger partial charge in [-0.15, -0.1) is 0 Å². The molecule has 0 radical (unpaired) electrons. The Morgan fingerprint density at radius 2 is 1.76 bits per heavy atom. The van der Waals surface area contributed by atoms with E-state index in [2.05, 4.69) is 15.7 Å². The van der Waals surface area contributed by atoms with Gasteiger partial charge in [0.1, 0.15) is 23.6 Å². The van der Waals surface area contributed by atoms with Crippen molar-refractivity contribution in [3.05, 3.63) is 47.5 Å². The highest BCUT2D eigenvalue weighted by Crippen LogP contribution is 2.51. The van der Waals surface area contributed by atoms with Crippen molar-refractivity contribution in [3.63, 3.8) is 0 Å². The largest absolute Gasteiger partial charge is 0.408 e. The molecule has 12 heteroatoms. The van der Waals surface area contributed by atoms with Crippen molar-refractivity contribution in [1.29, 1.82) is 0 Å². The number of hydrogen-bond donors (Lipinski definition) is 2. The summed E-state index contributed by atoms with van der Waals surface area (Å²) in [6.07, 6.45) is 0.966. The molecule has 2 aromatic rings. The standard InChI is InChI=1S/C29H35F4N5O3/c1-3-38-22(12-13-34-38)26(39)36-25(24(17-6-7-17)18-8-9-18)27(40)35-21-11-10-19(15-20(21)30)16(2)28(41)37-14-4-5-23(37)29(31,32)33/h10-13,15-18,23-25H,3-9,14H2,1-2H3,(H,35,40)(H,36,39)/t16-,23+,25-/m0/s1. The van der Waals surface area contributed by atoms with Gasteiger partial charge in [0.25, 0.3) is 5.91 Å². The average molecular weight is 578 g/mol. The molecule has 2 heterocycles. The number of halogens is 4. The number of nitrogens with one attached hydrogen (secondary N) is 2. The number of carbonyl (C=O) groups is 3. The van der Waals surface area contributed by atoms with Gasteiger partial charge in [-0.1, -0.05) is 6.07 Å². The summed E-state index contributed by atoms with van der Waals surface area (Å²) in [4.78, 5) is 40.5. The van der Waals surface area contributed by atoms with Crippen LogP contribution >= 0.6 is 0 Å². The first kappa shape index (κ1) is 29.1. The van der Waals surface area contributed by atoms with E-state index in [0.29, 0.717) is 24.1 Å². The minimum atomic E-state index is -4.52. The van der Waals surface area contributed by atoms with Crippen LogP contribution in [-0.2, 0) is 16.1 Å². The lowest BCUT2D eigenvalue weighted by atomic mass is 9.88. The van der Waals surface area contributed by atoms with Gasteiger partial charge in [-0.3, -0.25) is 19.1 Å². The summed E-state index contributed by atoms with van der Waals surface area (Å²) >= 11 is 0. The molecule has 0 unspecified atom stereocenters. The number of hydrogen-bond acceptors (Lipinski definition) is 4. The summed E-state index contributed by atoms with van der Waals surface area (Å²) in [6, 6.07) is 2.69. The Bertz CT molecular complexity index is 1290. The molecule has 2 aliphatic carbocycles. The van der Waals surface area contributed by atoms with Crippen LogP contribution in [0.3, 0.4) is 0 Å². The van der Waals surface area contributed by atoms with Crippen LogP contribution in [0.15, 0.2) is 30.5 Å². The number of anilines is 1. The Morgan fingerprint density at radius 3 is 2.34 bits per heavy atom. The predicted molar refractivity (Wildman–Crippen MR) is 142 cm³/mol. The summed E-state index contributed by atoms with van der Waals surface area (Å²) in [7, 11) is 0. The monoisotopic (exact) mass is 577 g/mol. The molecule has 8 nitrogen and oxygen atoms in total. The maximum atomic E-state index is 15.2. The van der Waals surface area contributed by atoms with E-state index in [1.54, 1.807) is 6.07 Å². The van der Waals surface area contributed by atoms with Gasteiger partial charge in [-0.2, -0.15) is 18.3 Å². The molecule has 5 rings (SSSR count). The topological polar surface area (TPSA) is 96.3 Å². The van der Waals surface area contributed by atoms with E-state index >= 15 is 4.39 Å². The van der Waals surface area contributed by atoms with Crippen molar-refractivity contribution >= 4 is 23.4 Å². The normalized spacial score (nSPS) is 20.7. The molecule has 1 aliphatic heterocycles. The molecule has 0 spiro atoms. The molecule has 0 bridgehead atoms. The highest BCUT2D eigenvalue weighted by atomic mass is 19.4. The van der Waals surface area contributed by atoms with Crippen molar-refractivity contribution in [2.75, 3.05) is 11.9 Å². The molecule has 3 atom stereocenters. The van der Waals surface area contributed by atoms with Gasteiger partial charge in [0.15, 0.2) is 0 Å². The number of alkyl halides is 3. The highest BCUT2D eigenvalue weighted by Gasteiger charge is 2.49. The van der Waals surface area contributed by atoms with Crippen LogP contribution in [0.2, 0.25) is 0 Å². The summed E-state index contributed by atoms with van der Waals surface area (Å²) in [5, 5.41) is 9.64. The van der Waals surface area contributed by atoms with Crippen LogP contribution in [-0.4, -0.2) is 57.2 Å². The van der Waals surface area contributed by atoms with Gasteiger partial charge in [0.05, 0.1) is 11.6 Å². The van der Waals surface area contributed by atoms with E-state index < -0.39 is 47.7 Å². The van der Waals surface area contributed by atoms with Crippen LogP contribution in [0.1, 0.15) is 74.3 Å². The molecule has 3 amide bonds. The van der Waals surface area contributed by atoms with Crippen LogP contribution in [0.25, 0.3) is 0 Å². The van der Waals surface area contributed by atoms with E-state index in [4.69, 9.17) is 0 Å². The van der Waals surface area contributed by atoms with Crippen molar-refractivity contribution in [2.24, 2.45) is 17.8 Å². The lowest BCUT2D eigenvalue weighted by Crippen LogP contribution is -2.50. The molecule has 2 N–H and O–H groups in total. The van der Waals surface area contributed by atoms with Crippen LogP contribution in [0.5, 0.6) is 0 Å². The minimum Gasteiger partial charge on any atom is -0.339 e. The number of aryl methyl sites for hydroxylation is 1. The molecule has 3 fully saturated rings. The molecule has 1 saturated heterocycles. The predicted octanol–water partition coefficient (Wildman–Crippen LogP) is 4.87. The lowest BCUT2D eigenvalue weighted by Gasteiger charge is -2.29. The van der Waals surface area contributed by atoms with E-state index in [0.717, 1.165) is 36.6 Å². The third-order valence-corrected chi connectivity index (χ3v) is 8.57. The van der Waals surface area contributed by atoms with E-state index in [1.807, 2.05) is 6.92 Å². The quantitative estimate of drug-likeness (QED) is 0.394. The van der Waals surface area contributed by atoms with Crippen LogP contribution in [0, 0.1) is 23.6 Å². The van der Waals surface area contributed by atoms with Gasteiger partial charge in [0.2, 0.25) is 11.8 Å². The zero-order valence-electron chi connectivity index (χ0n) is 23.1. The molecule has 3 aliphatic rings. The fourth-order valence-corrected chi connectivity index (χ4v) is 6.10. The first-order valence-electron chi connectivity index (χ1n) is 14.3. The van der Waals surface area contributed by atoms with Crippen LogP contribution < -0.4 is 10.6 Å². The average Bonchev–Trinajstić information content (AvgIpc) is 3.85. The number of amides is 3. The van der Waals surface area contributed by atoms with E-state index in [9.17, 15) is 27.6 Å². The summed E-state index contributed by atoms with van der Waals surface area (Å²) in [5.41, 5.74) is 0.413. The summed E-state index contributed by atoms with van der Waals surface area (Å²) < 4.78 is 56.9. The lowest BCUT2D eigenvalue weighted by molar-refractivity contribution is -0.183. The van der Waals surface area contributed by atoms with Crippen molar-refractivity contribution in [1.82, 2.24) is 20.0 Å². The second-order valence-corrected chi connectivity index (χ2v) is 11.4. The third-order valence-electron chi connectivity index (χ3n) is 8.57. The summed E-state index contributed by atoms with van der Waals surface area (Å²) in [6.45, 7) is 3.78. The third kappa shape index (κ3) is 6.25. The van der Waals surface area contributed by atoms with Gasteiger partial charge in [0, 0.05) is 19.3 Å². The number of benzene rings is 1. The molecule has 222 valence electrons. The fraction of sp³-hybridized carbons (Fsp3) is 0.586. The number of nitrogens with zero attached hydrogens (tertiary/aromatic N) is 3. The van der Waals surface area contributed by atoms with Gasteiger partial charge >= 0.3 is 6.18 Å². The maximum Gasteiger partial charge on any atom is 0.408 e. The van der Waals surface area contributed by atoms with Gasteiger partial charge in [-0.25, -0.2) is 4.39 Å². The Balaban J connectivity index is 1.32. The van der Waals surface area contributed by atoms with Crippen molar-refractivity contribution < 1.29 is 31.9 Å². The van der Waals surface area contributed by atoms with E-state index in [1.165, 1.54) is 29.9 Å². The minimum absolute atomic E-state index is 0.000714. The SMILES string of the molecule is CCn1nccc1C(=O)N[C@H](C(=O)Nc1ccc([C@H](C)C(=O)N2CCC[C@@H]2C(F)(F)F)cc1F)C(C1CC1)C1CC1. The smallest absolute Gasteiger partial charge is 0.339 e. The molecule has 2 saturated carbocycles. The maximum absolute atomic E-state index is 15.2. The fourth-order valence-electron chi connectivity index (χ4n) is 6.10. The first-order chi connectivity index (χ1) is 19.5.